The maximum Gasteiger partial charge on any atom is 0.0376 e. The van der Waals surface area contributed by atoms with Gasteiger partial charge in [0, 0.05) is 12.6 Å². The second-order valence-corrected chi connectivity index (χ2v) is 1.54. The third-order valence-electron chi connectivity index (χ3n) is 0.865. The van der Waals surface area contributed by atoms with Crippen molar-refractivity contribution in [3.8, 4) is 0 Å². The number of hydrogen-bond donors (Lipinski definition) is 1. The van der Waals surface area contributed by atoms with Gasteiger partial charge in [-0.15, -0.1) is 0 Å². The van der Waals surface area contributed by atoms with E-state index < -0.39 is 0 Å². The van der Waals surface area contributed by atoms with E-state index in [0.717, 1.165) is 6.04 Å². The summed E-state index contributed by atoms with van der Waals surface area (Å²) in [6.07, 6.45) is 4.24. The summed E-state index contributed by atoms with van der Waals surface area (Å²) in [6.45, 7) is 3.23. The molecule has 1 atom stereocenters. The van der Waals surface area contributed by atoms with E-state index in [1.165, 1.54) is 6.54 Å². The molecule has 0 aromatic rings. The fraction of sp³-hybridized carbons (Fsp3) is 0.600. The molecule has 1 nitrogen and oxygen atoms in total. The normalized spacial score (nSPS) is 31.8. The zero-order valence-electron chi connectivity index (χ0n) is 3.94. The second-order valence-electron chi connectivity index (χ2n) is 1.54. The van der Waals surface area contributed by atoms with Gasteiger partial charge in [-0.1, -0.05) is 12.2 Å². The first-order chi connectivity index (χ1) is 2.93. The van der Waals surface area contributed by atoms with Crippen molar-refractivity contribution in [1.82, 2.24) is 5.32 Å². The van der Waals surface area contributed by atoms with Crippen molar-refractivity contribution < 1.29 is 0 Å². The van der Waals surface area contributed by atoms with Crippen LogP contribution in [0.3, 0.4) is 0 Å². The minimum absolute atomic E-state index is 0.718. The Morgan fingerprint density at radius 1 is 1.83 bits per heavy atom. The first-order valence-electron chi connectivity index (χ1n) is 2.29. The molecular formula is C5H9N. The Hall–Kier alpha value is -0.300. The summed E-state index contributed by atoms with van der Waals surface area (Å²) in [5, 5.41) is 3.15. The fourth-order valence-electron chi connectivity index (χ4n) is 0.436. The molecule has 6 heavy (non-hydrogen) atoms. The molecular weight excluding hydrogens is 74.1 g/mol. The summed E-state index contributed by atoms with van der Waals surface area (Å²) >= 11 is 0. The SMILES string of the molecule is CC=CC1CN1. The Morgan fingerprint density at radius 2 is 2.50 bits per heavy atom. The molecule has 1 saturated heterocycles. The van der Waals surface area contributed by atoms with Crippen molar-refractivity contribution in [3.05, 3.63) is 12.2 Å². The van der Waals surface area contributed by atoms with Crippen LogP contribution in [0.2, 0.25) is 0 Å². The first kappa shape index (κ1) is 3.88. The Balaban J connectivity index is 2.15. The van der Waals surface area contributed by atoms with E-state index in [4.69, 9.17) is 0 Å². The van der Waals surface area contributed by atoms with Crippen LogP contribution in [0, 0.1) is 0 Å². The lowest BCUT2D eigenvalue weighted by Gasteiger charge is -1.68. The molecule has 0 spiro atoms. The molecule has 0 aliphatic carbocycles. The Kier molecular flexibility index (Phi) is 0.926. The predicted octanol–water partition coefficient (Wildman–Crippen LogP) is 0.534. The average molecular weight is 83.1 g/mol. The van der Waals surface area contributed by atoms with Crippen LogP contribution >= 0.6 is 0 Å². The van der Waals surface area contributed by atoms with Gasteiger partial charge < -0.3 is 5.32 Å². The van der Waals surface area contributed by atoms with Gasteiger partial charge in [-0.2, -0.15) is 0 Å². The summed E-state index contributed by atoms with van der Waals surface area (Å²) in [4.78, 5) is 0. The molecule has 0 aromatic carbocycles. The predicted molar refractivity (Wildman–Crippen MR) is 26.6 cm³/mol. The average Bonchev–Trinajstić information content (AvgIpc) is 2.21. The maximum atomic E-state index is 3.15. The van der Waals surface area contributed by atoms with Gasteiger partial charge in [-0.25, -0.2) is 0 Å². The van der Waals surface area contributed by atoms with Crippen LogP contribution in [0.1, 0.15) is 6.92 Å². The van der Waals surface area contributed by atoms with Crippen molar-refractivity contribution in [2.75, 3.05) is 6.54 Å². The summed E-state index contributed by atoms with van der Waals surface area (Å²) in [7, 11) is 0. The summed E-state index contributed by atoms with van der Waals surface area (Å²) < 4.78 is 0. The zero-order valence-corrected chi connectivity index (χ0v) is 3.94. The topological polar surface area (TPSA) is 21.9 Å². The molecule has 0 amide bonds. The standard InChI is InChI=1S/C5H9N/c1-2-3-5-4-6-5/h2-3,5-6H,4H2,1H3. The summed E-state index contributed by atoms with van der Waals surface area (Å²) in [5.41, 5.74) is 0. The monoisotopic (exact) mass is 83.1 g/mol. The Bertz CT molecular complexity index is 62.3. The van der Waals surface area contributed by atoms with Gasteiger partial charge in [0.05, 0.1) is 0 Å². The molecule has 1 rings (SSSR count). The molecule has 0 saturated carbocycles. The first-order valence-corrected chi connectivity index (χ1v) is 2.29. The lowest BCUT2D eigenvalue weighted by molar-refractivity contribution is 1.20. The summed E-state index contributed by atoms with van der Waals surface area (Å²) in [5.74, 6) is 0. The molecule has 1 heteroatoms. The highest BCUT2D eigenvalue weighted by Gasteiger charge is 2.13. The van der Waals surface area contributed by atoms with Crippen molar-refractivity contribution >= 4 is 0 Å². The van der Waals surface area contributed by atoms with Crippen molar-refractivity contribution in [3.63, 3.8) is 0 Å². The van der Waals surface area contributed by atoms with Gasteiger partial charge in [0.1, 0.15) is 0 Å². The molecule has 1 aliphatic rings. The molecule has 0 radical (unpaired) electrons. The fourth-order valence-corrected chi connectivity index (χ4v) is 0.436. The molecule has 1 N–H and O–H groups in total. The van der Waals surface area contributed by atoms with Crippen LogP contribution < -0.4 is 5.32 Å². The van der Waals surface area contributed by atoms with E-state index in [-0.39, 0.29) is 0 Å². The number of hydrogen-bond acceptors (Lipinski definition) is 1. The number of allylic oxidation sites excluding steroid dienone is 1. The lowest BCUT2D eigenvalue weighted by atomic mass is 10.4. The van der Waals surface area contributed by atoms with Gasteiger partial charge in [0.2, 0.25) is 0 Å². The van der Waals surface area contributed by atoms with Gasteiger partial charge >= 0.3 is 0 Å². The quantitative estimate of drug-likeness (QED) is 0.362. The van der Waals surface area contributed by atoms with E-state index >= 15 is 0 Å². The van der Waals surface area contributed by atoms with E-state index in [1.54, 1.807) is 0 Å². The minimum atomic E-state index is 0.718. The van der Waals surface area contributed by atoms with Crippen molar-refractivity contribution in [2.24, 2.45) is 0 Å². The van der Waals surface area contributed by atoms with Gasteiger partial charge in [-0.05, 0) is 6.92 Å². The second kappa shape index (κ2) is 1.43. The smallest absolute Gasteiger partial charge is 0.0376 e. The van der Waals surface area contributed by atoms with E-state index in [9.17, 15) is 0 Å². The molecule has 0 bridgehead atoms. The van der Waals surface area contributed by atoms with Crippen LogP contribution in [-0.2, 0) is 0 Å². The number of nitrogens with one attached hydrogen (secondary N) is 1. The molecule has 1 fully saturated rings. The van der Waals surface area contributed by atoms with Crippen molar-refractivity contribution in [1.29, 1.82) is 0 Å². The van der Waals surface area contributed by atoms with E-state index in [1.807, 2.05) is 6.92 Å². The Morgan fingerprint density at radius 3 is 2.67 bits per heavy atom. The highest BCUT2D eigenvalue weighted by atomic mass is 15.1. The number of rotatable bonds is 1. The van der Waals surface area contributed by atoms with Gasteiger partial charge in [0.15, 0.2) is 0 Å². The van der Waals surface area contributed by atoms with Crippen LogP contribution in [0.4, 0.5) is 0 Å². The van der Waals surface area contributed by atoms with Crippen LogP contribution in [0.5, 0.6) is 0 Å². The molecule has 34 valence electrons. The Labute approximate surface area is 38.1 Å². The highest BCUT2D eigenvalue weighted by Crippen LogP contribution is 1.95. The molecule has 1 unspecified atom stereocenters. The third-order valence-corrected chi connectivity index (χ3v) is 0.865. The largest absolute Gasteiger partial charge is 0.307 e. The van der Waals surface area contributed by atoms with Crippen LogP contribution in [0.15, 0.2) is 12.2 Å². The molecule has 1 aliphatic heterocycles. The van der Waals surface area contributed by atoms with Crippen LogP contribution in [0.25, 0.3) is 0 Å². The summed E-state index contributed by atoms with van der Waals surface area (Å²) in [6, 6.07) is 0.718. The molecule has 0 aromatic heterocycles. The zero-order chi connectivity index (χ0) is 4.41. The van der Waals surface area contributed by atoms with Crippen LogP contribution in [-0.4, -0.2) is 12.6 Å². The van der Waals surface area contributed by atoms with Gasteiger partial charge in [-0.3, -0.25) is 0 Å². The molecule has 1 heterocycles. The van der Waals surface area contributed by atoms with Gasteiger partial charge in [0.25, 0.3) is 0 Å². The van der Waals surface area contributed by atoms with E-state index in [0.29, 0.717) is 0 Å². The third kappa shape index (κ3) is 0.830. The highest BCUT2D eigenvalue weighted by molar-refractivity contribution is 5.01. The maximum absolute atomic E-state index is 3.15. The van der Waals surface area contributed by atoms with Crippen molar-refractivity contribution in [2.45, 2.75) is 13.0 Å². The van der Waals surface area contributed by atoms with E-state index in [2.05, 4.69) is 17.5 Å². The minimum Gasteiger partial charge on any atom is -0.307 e. The lowest BCUT2D eigenvalue weighted by Crippen LogP contribution is -1.78.